The van der Waals surface area contributed by atoms with Crippen molar-refractivity contribution >= 4 is 22.5 Å². The van der Waals surface area contributed by atoms with Crippen LogP contribution in [0.15, 0.2) is 54.7 Å². The van der Waals surface area contributed by atoms with Gasteiger partial charge in [-0.15, -0.1) is 0 Å². The zero-order chi connectivity index (χ0) is 14.1. The number of para-hydroxylation sites is 1. The Morgan fingerprint density at radius 2 is 1.85 bits per heavy atom. The van der Waals surface area contributed by atoms with E-state index in [4.69, 9.17) is 11.6 Å². The molecule has 0 saturated carbocycles. The van der Waals surface area contributed by atoms with Crippen LogP contribution in [0.4, 0.5) is 4.39 Å². The van der Waals surface area contributed by atoms with Crippen LogP contribution in [0.3, 0.4) is 0 Å². The van der Waals surface area contributed by atoms with Gasteiger partial charge in [-0.1, -0.05) is 35.9 Å². The van der Waals surface area contributed by atoms with E-state index in [1.54, 1.807) is 6.20 Å². The van der Waals surface area contributed by atoms with Crippen LogP contribution in [-0.2, 0) is 0 Å². The molecule has 100 valence electrons. The second-order valence-corrected chi connectivity index (χ2v) is 4.94. The summed E-state index contributed by atoms with van der Waals surface area (Å²) in [6.45, 7) is 0. The average Bonchev–Trinajstić information content (AvgIpc) is 2.49. The van der Waals surface area contributed by atoms with Gasteiger partial charge in [0.15, 0.2) is 0 Å². The van der Waals surface area contributed by atoms with E-state index in [0.29, 0.717) is 11.1 Å². The van der Waals surface area contributed by atoms with E-state index in [2.05, 4.69) is 4.98 Å². The number of nitrogens with zero attached hydrogens (tertiary/aromatic N) is 1. The lowest BCUT2D eigenvalue weighted by atomic mass is 10.0. The number of aliphatic hydroxyl groups is 1. The Morgan fingerprint density at radius 3 is 2.65 bits per heavy atom. The number of fused-ring (bicyclic) bond motifs is 1. The number of aliphatic hydroxyl groups excluding tert-OH is 1. The van der Waals surface area contributed by atoms with Gasteiger partial charge in [0.05, 0.1) is 10.5 Å². The summed E-state index contributed by atoms with van der Waals surface area (Å²) < 4.78 is 13.1. The highest BCUT2D eigenvalue weighted by molar-refractivity contribution is 6.30. The molecule has 0 saturated heterocycles. The Balaban J connectivity index is 2.02. The third-order valence-electron chi connectivity index (χ3n) is 3.19. The van der Waals surface area contributed by atoms with Crippen LogP contribution in [0.5, 0.6) is 0 Å². The van der Waals surface area contributed by atoms with Crippen molar-refractivity contribution in [3.05, 3.63) is 76.7 Å². The lowest BCUT2D eigenvalue weighted by molar-refractivity contribution is 0.220. The Kier molecular flexibility index (Phi) is 3.38. The van der Waals surface area contributed by atoms with E-state index in [1.807, 2.05) is 30.3 Å². The first-order chi connectivity index (χ1) is 9.65. The monoisotopic (exact) mass is 287 g/mol. The van der Waals surface area contributed by atoms with Crippen LogP contribution in [0.1, 0.15) is 17.2 Å². The molecule has 0 aliphatic carbocycles. The number of rotatable bonds is 2. The highest BCUT2D eigenvalue weighted by Crippen LogP contribution is 2.27. The van der Waals surface area contributed by atoms with E-state index in [1.165, 1.54) is 18.2 Å². The summed E-state index contributed by atoms with van der Waals surface area (Å²) in [5.74, 6) is -0.501. The van der Waals surface area contributed by atoms with Crippen LogP contribution < -0.4 is 0 Å². The average molecular weight is 288 g/mol. The third kappa shape index (κ3) is 2.38. The van der Waals surface area contributed by atoms with Crippen molar-refractivity contribution < 1.29 is 9.50 Å². The van der Waals surface area contributed by atoms with Crippen molar-refractivity contribution in [2.75, 3.05) is 0 Å². The Morgan fingerprint density at radius 1 is 1.05 bits per heavy atom. The molecule has 20 heavy (non-hydrogen) atoms. The summed E-state index contributed by atoms with van der Waals surface area (Å²) in [6, 6.07) is 13.7. The van der Waals surface area contributed by atoms with Crippen molar-refractivity contribution in [1.29, 1.82) is 0 Å². The predicted molar refractivity (Wildman–Crippen MR) is 77.2 cm³/mol. The molecule has 0 radical (unpaired) electrons. The summed E-state index contributed by atoms with van der Waals surface area (Å²) in [5, 5.41) is 11.3. The normalized spacial score (nSPS) is 12.6. The molecule has 0 aliphatic heterocycles. The first kappa shape index (κ1) is 13.0. The van der Waals surface area contributed by atoms with Crippen molar-refractivity contribution in [3.8, 4) is 0 Å². The highest BCUT2D eigenvalue weighted by Gasteiger charge is 2.13. The van der Waals surface area contributed by atoms with Crippen LogP contribution >= 0.6 is 11.6 Å². The van der Waals surface area contributed by atoms with Crippen LogP contribution in [0.25, 0.3) is 10.9 Å². The largest absolute Gasteiger partial charge is 0.384 e. The molecule has 4 heteroatoms. The van der Waals surface area contributed by atoms with E-state index >= 15 is 0 Å². The smallest absolute Gasteiger partial charge is 0.141 e. The molecule has 0 amide bonds. The molecule has 2 aromatic carbocycles. The first-order valence-electron chi connectivity index (χ1n) is 6.13. The highest BCUT2D eigenvalue weighted by atomic mass is 35.5. The molecule has 0 aliphatic rings. The zero-order valence-electron chi connectivity index (χ0n) is 10.4. The molecule has 0 bridgehead atoms. The molecule has 3 rings (SSSR count). The van der Waals surface area contributed by atoms with Crippen molar-refractivity contribution in [2.24, 2.45) is 0 Å². The fourth-order valence-electron chi connectivity index (χ4n) is 2.11. The first-order valence-corrected chi connectivity index (χ1v) is 6.50. The number of hydrogen-bond donors (Lipinski definition) is 1. The van der Waals surface area contributed by atoms with Gasteiger partial charge in [-0.05, 0) is 29.8 Å². The fraction of sp³-hybridized carbons (Fsp3) is 0.0625. The van der Waals surface area contributed by atoms with Crippen LogP contribution in [-0.4, -0.2) is 10.1 Å². The standard InChI is InChI=1S/C16H11ClFNO/c17-13-8-11(5-6-14(13)18)16(20)12-7-10-3-1-2-4-15(10)19-9-12/h1-9,16,20H. The number of hydrogen-bond acceptors (Lipinski definition) is 2. The lowest BCUT2D eigenvalue weighted by Crippen LogP contribution is -2.01. The lowest BCUT2D eigenvalue weighted by Gasteiger charge is -2.12. The summed E-state index contributed by atoms with van der Waals surface area (Å²) in [4.78, 5) is 4.30. The third-order valence-corrected chi connectivity index (χ3v) is 3.48. The second kappa shape index (κ2) is 5.19. The zero-order valence-corrected chi connectivity index (χ0v) is 11.2. The van der Waals surface area contributed by atoms with Gasteiger partial charge >= 0.3 is 0 Å². The maximum Gasteiger partial charge on any atom is 0.141 e. The van der Waals surface area contributed by atoms with Gasteiger partial charge in [0, 0.05) is 17.1 Å². The van der Waals surface area contributed by atoms with Crippen LogP contribution in [0.2, 0.25) is 5.02 Å². The summed E-state index contributed by atoms with van der Waals surface area (Å²) in [5.41, 5.74) is 2.04. The Hall–Kier alpha value is -1.97. The molecule has 1 atom stereocenters. The minimum atomic E-state index is -0.884. The number of benzene rings is 2. The molecular formula is C16H11ClFNO. The maximum atomic E-state index is 13.1. The minimum Gasteiger partial charge on any atom is -0.384 e. The van der Waals surface area contributed by atoms with E-state index in [0.717, 1.165) is 10.9 Å². The molecule has 2 nitrogen and oxygen atoms in total. The van der Waals surface area contributed by atoms with Gasteiger partial charge < -0.3 is 5.11 Å². The topological polar surface area (TPSA) is 33.1 Å². The molecular weight excluding hydrogens is 277 g/mol. The summed E-state index contributed by atoms with van der Waals surface area (Å²) in [7, 11) is 0. The van der Waals surface area contributed by atoms with Crippen molar-refractivity contribution in [1.82, 2.24) is 4.98 Å². The predicted octanol–water partition coefficient (Wildman–Crippen LogP) is 4.11. The molecule has 1 unspecified atom stereocenters. The van der Waals surface area contributed by atoms with Gasteiger partial charge in [-0.2, -0.15) is 0 Å². The number of pyridine rings is 1. The van der Waals surface area contributed by atoms with E-state index in [-0.39, 0.29) is 5.02 Å². The minimum absolute atomic E-state index is 0.00435. The molecule has 1 heterocycles. The number of halogens is 2. The Bertz CT molecular complexity index is 775. The van der Waals surface area contributed by atoms with Crippen molar-refractivity contribution in [3.63, 3.8) is 0 Å². The summed E-state index contributed by atoms with van der Waals surface area (Å²) >= 11 is 5.74. The van der Waals surface area contributed by atoms with Gasteiger partial charge in [-0.25, -0.2) is 4.39 Å². The molecule has 3 aromatic rings. The maximum absolute atomic E-state index is 13.1. The van der Waals surface area contributed by atoms with Gasteiger partial charge in [0.25, 0.3) is 0 Å². The molecule has 0 spiro atoms. The second-order valence-electron chi connectivity index (χ2n) is 4.54. The molecule has 0 fully saturated rings. The van der Waals surface area contributed by atoms with Gasteiger partial charge in [-0.3, -0.25) is 4.98 Å². The van der Waals surface area contributed by atoms with Gasteiger partial charge in [0.2, 0.25) is 0 Å². The van der Waals surface area contributed by atoms with E-state index in [9.17, 15) is 9.50 Å². The SMILES string of the molecule is OC(c1ccc(F)c(Cl)c1)c1cnc2ccccc2c1. The molecule has 1 N–H and O–H groups in total. The van der Waals surface area contributed by atoms with Gasteiger partial charge in [0.1, 0.15) is 11.9 Å². The quantitative estimate of drug-likeness (QED) is 0.769. The number of aromatic nitrogens is 1. The fourth-order valence-corrected chi connectivity index (χ4v) is 2.30. The molecule has 1 aromatic heterocycles. The van der Waals surface area contributed by atoms with E-state index < -0.39 is 11.9 Å². The Labute approximate surface area is 120 Å². The van der Waals surface area contributed by atoms with Crippen LogP contribution in [0, 0.1) is 5.82 Å². The summed E-state index contributed by atoms with van der Waals surface area (Å²) in [6.07, 6.45) is 0.731. The van der Waals surface area contributed by atoms with Crippen molar-refractivity contribution in [2.45, 2.75) is 6.10 Å².